The molecule has 0 amide bonds. The third-order valence-corrected chi connectivity index (χ3v) is 5.60. The summed E-state index contributed by atoms with van der Waals surface area (Å²) in [5.74, 6) is 1.47. The van der Waals surface area contributed by atoms with Gasteiger partial charge in [-0.15, -0.1) is 35.3 Å². The van der Waals surface area contributed by atoms with Crippen LogP contribution in [-0.4, -0.2) is 28.9 Å². The average Bonchev–Trinajstić information content (AvgIpc) is 2.95. The predicted octanol–water partition coefficient (Wildman–Crippen LogP) is 4.28. The van der Waals surface area contributed by atoms with Crippen molar-refractivity contribution in [3.63, 3.8) is 0 Å². The second-order valence-electron chi connectivity index (χ2n) is 6.24. The number of hydrogen-bond donors (Lipinski definition) is 1. The smallest absolute Gasteiger partial charge is 0.191 e. The monoisotopic (exact) mass is 456 g/mol. The zero-order valence-corrected chi connectivity index (χ0v) is 17.4. The average molecular weight is 456 g/mol. The molecule has 0 saturated carbocycles. The van der Waals surface area contributed by atoms with Crippen molar-refractivity contribution in [3.8, 4) is 10.6 Å². The van der Waals surface area contributed by atoms with Crippen LogP contribution in [0.4, 0.5) is 0 Å². The first-order chi connectivity index (χ1) is 11.1. The Hall–Kier alpha value is -1.15. The van der Waals surface area contributed by atoms with Crippen LogP contribution in [0.2, 0.25) is 0 Å². The summed E-state index contributed by atoms with van der Waals surface area (Å²) in [4.78, 5) is 12.7. The zero-order valence-electron chi connectivity index (χ0n) is 14.2. The van der Waals surface area contributed by atoms with E-state index >= 15 is 0 Å². The molecule has 0 aliphatic carbocycles. The lowest BCUT2D eigenvalue weighted by Crippen LogP contribution is -2.42. The Morgan fingerprint density at radius 1 is 1.29 bits per heavy atom. The molecular formula is C18H25IN4S. The Labute approximate surface area is 165 Å². The van der Waals surface area contributed by atoms with Crippen LogP contribution < -0.4 is 5.73 Å². The van der Waals surface area contributed by atoms with E-state index in [1.807, 2.05) is 25.1 Å². The summed E-state index contributed by atoms with van der Waals surface area (Å²) in [7, 11) is 0. The van der Waals surface area contributed by atoms with Gasteiger partial charge >= 0.3 is 0 Å². The molecule has 1 aliphatic heterocycles. The third kappa shape index (κ3) is 4.69. The molecule has 4 nitrogen and oxygen atoms in total. The molecule has 1 saturated heterocycles. The third-order valence-electron chi connectivity index (χ3n) is 4.41. The number of nitrogens with two attached hydrogens (primary N) is 1. The normalized spacial score (nSPS) is 16.1. The van der Waals surface area contributed by atoms with Gasteiger partial charge in [-0.05, 0) is 25.7 Å². The molecular weight excluding hydrogens is 431 g/mol. The summed E-state index contributed by atoms with van der Waals surface area (Å²) in [5.41, 5.74) is 8.38. The van der Waals surface area contributed by atoms with E-state index < -0.39 is 0 Å². The highest BCUT2D eigenvalue weighted by Crippen LogP contribution is 2.28. The molecule has 1 aliphatic rings. The summed E-state index contributed by atoms with van der Waals surface area (Å²) in [6, 6.07) is 10.3. The SMILES string of the molecule is Cc1nc(-c2ccccc2)sc1CN=C(N)N1CCC(C)CC1.I. The van der Waals surface area contributed by atoms with Crippen molar-refractivity contribution in [2.24, 2.45) is 16.6 Å². The summed E-state index contributed by atoms with van der Waals surface area (Å²) in [6.45, 7) is 7.01. The first kappa shape index (κ1) is 19.2. The van der Waals surface area contributed by atoms with Gasteiger partial charge in [0.25, 0.3) is 0 Å². The lowest BCUT2D eigenvalue weighted by Gasteiger charge is -2.30. The van der Waals surface area contributed by atoms with E-state index in [0.29, 0.717) is 12.5 Å². The highest BCUT2D eigenvalue weighted by molar-refractivity contribution is 14.0. The van der Waals surface area contributed by atoms with E-state index in [1.54, 1.807) is 11.3 Å². The number of halogens is 1. The summed E-state index contributed by atoms with van der Waals surface area (Å²) >= 11 is 1.71. The quantitative estimate of drug-likeness (QED) is 0.426. The molecule has 0 bridgehead atoms. The molecule has 2 aromatic rings. The molecule has 6 heteroatoms. The van der Waals surface area contributed by atoms with E-state index in [4.69, 9.17) is 5.73 Å². The summed E-state index contributed by atoms with van der Waals surface area (Å²) < 4.78 is 0. The standard InChI is InChI=1S/C18H24N4S.HI/c1-13-8-10-22(11-9-13)18(19)20-12-16-14(2)21-17(23-16)15-6-4-3-5-7-15;/h3-7,13H,8-12H2,1-2H3,(H2,19,20);1H. The number of benzene rings is 1. The summed E-state index contributed by atoms with van der Waals surface area (Å²) in [5, 5.41) is 1.05. The van der Waals surface area contributed by atoms with Gasteiger partial charge in [0.1, 0.15) is 5.01 Å². The molecule has 3 rings (SSSR count). The molecule has 24 heavy (non-hydrogen) atoms. The molecule has 1 aromatic heterocycles. The Kier molecular flexibility index (Phi) is 7.03. The van der Waals surface area contributed by atoms with Crippen molar-refractivity contribution in [3.05, 3.63) is 40.9 Å². The maximum atomic E-state index is 6.17. The van der Waals surface area contributed by atoms with Crippen molar-refractivity contribution in [2.75, 3.05) is 13.1 Å². The molecule has 0 atom stereocenters. The molecule has 2 N–H and O–H groups in total. The van der Waals surface area contributed by atoms with E-state index in [-0.39, 0.29) is 24.0 Å². The second kappa shape index (κ2) is 8.80. The number of aliphatic imine (C=N–C) groups is 1. The Morgan fingerprint density at radius 2 is 1.96 bits per heavy atom. The number of hydrogen-bond acceptors (Lipinski definition) is 3. The van der Waals surface area contributed by atoms with Gasteiger partial charge < -0.3 is 10.6 Å². The van der Waals surface area contributed by atoms with E-state index in [9.17, 15) is 0 Å². The number of rotatable bonds is 3. The van der Waals surface area contributed by atoms with Crippen molar-refractivity contribution >= 4 is 41.3 Å². The number of thiazole rings is 1. The highest BCUT2D eigenvalue weighted by Gasteiger charge is 2.17. The van der Waals surface area contributed by atoms with Crippen LogP contribution in [-0.2, 0) is 6.54 Å². The zero-order chi connectivity index (χ0) is 16.2. The maximum absolute atomic E-state index is 6.17. The first-order valence-corrected chi connectivity index (χ1v) is 9.01. The van der Waals surface area contributed by atoms with Gasteiger partial charge in [-0.2, -0.15) is 0 Å². The fourth-order valence-corrected chi connectivity index (χ4v) is 3.76. The molecule has 0 radical (unpaired) electrons. The number of likely N-dealkylation sites (tertiary alicyclic amines) is 1. The van der Waals surface area contributed by atoms with Crippen LogP contribution in [0.3, 0.4) is 0 Å². The fourth-order valence-electron chi connectivity index (χ4n) is 2.77. The largest absolute Gasteiger partial charge is 0.370 e. The minimum absolute atomic E-state index is 0. The van der Waals surface area contributed by atoms with Crippen LogP contribution in [0.25, 0.3) is 10.6 Å². The van der Waals surface area contributed by atoms with Gasteiger partial charge in [0, 0.05) is 23.5 Å². The fraction of sp³-hybridized carbons (Fsp3) is 0.444. The van der Waals surface area contributed by atoms with Crippen molar-refractivity contribution in [1.82, 2.24) is 9.88 Å². The van der Waals surface area contributed by atoms with Crippen LogP contribution in [0.15, 0.2) is 35.3 Å². The first-order valence-electron chi connectivity index (χ1n) is 8.20. The molecule has 130 valence electrons. The van der Waals surface area contributed by atoms with Gasteiger partial charge in [0.2, 0.25) is 0 Å². The topological polar surface area (TPSA) is 54.5 Å². The van der Waals surface area contributed by atoms with Gasteiger partial charge in [-0.3, -0.25) is 0 Å². The molecule has 1 aromatic carbocycles. The number of aryl methyl sites for hydroxylation is 1. The Balaban J connectivity index is 0.00000208. The highest BCUT2D eigenvalue weighted by atomic mass is 127. The van der Waals surface area contributed by atoms with Gasteiger partial charge in [-0.25, -0.2) is 9.98 Å². The van der Waals surface area contributed by atoms with Crippen molar-refractivity contribution in [1.29, 1.82) is 0 Å². The van der Waals surface area contributed by atoms with Gasteiger partial charge in [0.05, 0.1) is 12.2 Å². The van der Waals surface area contributed by atoms with Crippen molar-refractivity contribution in [2.45, 2.75) is 33.2 Å². The van der Waals surface area contributed by atoms with Crippen LogP contribution >= 0.6 is 35.3 Å². The minimum Gasteiger partial charge on any atom is -0.370 e. The Morgan fingerprint density at radius 3 is 2.62 bits per heavy atom. The number of piperidine rings is 1. The van der Waals surface area contributed by atoms with Gasteiger partial charge in [-0.1, -0.05) is 37.3 Å². The molecule has 1 fully saturated rings. The van der Waals surface area contributed by atoms with E-state index in [1.165, 1.54) is 17.7 Å². The van der Waals surface area contributed by atoms with Gasteiger partial charge in [0.15, 0.2) is 5.96 Å². The molecule has 0 spiro atoms. The minimum atomic E-state index is 0. The van der Waals surface area contributed by atoms with E-state index in [0.717, 1.165) is 35.3 Å². The van der Waals surface area contributed by atoms with E-state index in [2.05, 4.69) is 33.9 Å². The lowest BCUT2D eigenvalue weighted by atomic mass is 10.00. The number of guanidine groups is 1. The van der Waals surface area contributed by atoms with Crippen LogP contribution in [0.1, 0.15) is 30.3 Å². The van der Waals surface area contributed by atoms with Crippen molar-refractivity contribution < 1.29 is 0 Å². The van der Waals surface area contributed by atoms with Crippen LogP contribution in [0.5, 0.6) is 0 Å². The summed E-state index contributed by atoms with van der Waals surface area (Å²) in [6.07, 6.45) is 2.40. The number of nitrogens with zero attached hydrogens (tertiary/aromatic N) is 3. The Bertz CT molecular complexity index is 676. The maximum Gasteiger partial charge on any atom is 0.191 e. The predicted molar refractivity (Wildman–Crippen MR) is 113 cm³/mol. The van der Waals surface area contributed by atoms with Crippen LogP contribution in [0, 0.1) is 12.8 Å². The molecule has 2 heterocycles. The lowest BCUT2D eigenvalue weighted by molar-refractivity contribution is 0.277. The second-order valence-corrected chi connectivity index (χ2v) is 7.32. The molecule has 0 unspecified atom stereocenters. The number of aromatic nitrogens is 1.